The van der Waals surface area contributed by atoms with E-state index in [4.69, 9.17) is 11.0 Å². The van der Waals surface area contributed by atoms with Crippen LogP contribution in [-0.2, 0) is 7.05 Å². The first-order valence-electron chi connectivity index (χ1n) is 3.11. The Morgan fingerprint density at radius 1 is 1.73 bits per heavy atom. The van der Waals surface area contributed by atoms with Crippen LogP contribution >= 0.6 is 0 Å². The number of aromatic nitrogens is 2. The maximum absolute atomic E-state index is 8.62. The third kappa shape index (κ3) is 0.984. The molecule has 0 aliphatic heterocycles. The Labute approximate surface area is 64.4 Å². The van der Waals surface area contributed by atoms with Crippen LogP contribution in [0.25, 0.3) is 0 Å². The quantitative estimate of drug-likeness (QED) is 0.588. The first kappa shape index (κ1) is 7.41. The normalized spacial score (nSPS) is 9.18. The third-order valence-corrected chi connectivity index (χ3v) is 1.44. The smallest absolute Gasteiger partial charge is 0.168 e. The second-order valence-corrected chi connectivity index (χ2v) is 2.09. The summed E-state index contributed by atoms with van der Waals surface area (Å²) in [4.78, 5) is 0. The van der Waals surface area contributed by atoms with Gasteiger partial charge in [-0.25, -0.2) is 4.68 Å². The molecule has 0 spiro atoms. The highest BCUT2D eigenvalue weighted by molar-refractivity contribution is 5.63. The fourth-order valence-corrected chi connectivity index (χ4v) is 0.822. The largest absolute Gasteiger partial charge is 0.383 e. The number of nitrogens with zero attached hydrogens (tertiary/aromatic N) is 3. The monoisotopic (exact) mass is 151 g/mol. The molecule has 0 atom stereocenters. The summed E-state index contributed by atoms with van der Waals surface area (Å²) < 4.78 is 1.46. The number of nitrogens with two attached hydrogens (primary N) is 1. The Morgan fingerprint density at radius 2 is 2.36 bits per heavy atom. The summed E-state index contributed by atoms with van der Waals surface area (Å²) in [7, 11) is 3.39. The Morgan fingerprint density at radius 3 is 2.73 bits per heavy atom. The lowest BCUT2D eigenvalue weighted by Gasteiger charge is -1.89. The summed E-state index contributed by atoms with van der Waals surface area (Å²) in [6.45, 7) is 0. The number of hydrogen-bond donors (Lipinski definition) is 2. The number of rotatable bonds is 1. The van der Waals surface area contributed by atoms with Gasteiger partial charge in [-0.05, 0) is 0 Å². The van der Waals surface area contributed by atoms with Crippen LogP contribution in [-0.4, -0.2) is 16.8 Å². The minimum absolute atomic E-state index is 0.386. The Bertz CT molecular complexity index is 306. The van der Waals surface area contributed by atoms with Gasteiger partial charge in [0.2, 0.25) is 0 Å². The topological polar surface area (TPSA) is 79.7 Å². The molecule has 1 rings (SSSR count). The van der Waals surface area contributed by atoms with Gasteiger partial charge in [-0.15, -0.1) is 0 Å². The number of anilines is 2. The summed E-state index contributed by atoms with van der Waals surface area (Å²) in [5.74, 6) is 0.907. The van der Waals surface area contributed by atoms with Gasteiger partial charge >= 0.3 is 0 Å². The molecule has 0 aliphatic carbocycles. The molecule has 11 heavy (non-hydrogen) atoms. The Balaban J connectivity index is 3.29. The molecule has 0 fully saturated rings. The fraction of sp³-hybridized carbons (Fsp3) is 0.333. The summed E-state index contributed by atoms with van der Waals surface area (Å²) in [5, 5.41) is 15.4. The van der Waals surface area contributed by atoms with E-state index in [1.807, 2.05) is 6.07 Å². The standard InChI is InChI=1S/C6H9N5/c1-9-6-4(3-7)5(8)11(2)10-6/h8H2,1-2H3,(H,9,10). The zero-order chi connectivity index (χ0) is 8.43. The van der Waals surface area contributed by atoms with Crippen molar-refractivity contribution in [1.29, 1.82) is 5.26 Å². The molecule has 0 aromatic carbocycles. The molecule has 5 heteroatoms. The molecule has 3 N–H and O–H groups in total. The van der Waals surface area contributed by atoms with Crippen LogP contribution < -0.4 is 11.1 Å². The lowest BCUT2D eigenvalue weighted by Crippen LogP contribution is -1.97. The minimum atomic E-state index is 0.386. The van der Waals surface area contributed by atoms with Gasteiger partial charge in [0, 0.05) is 14.1 Å². The van der Waals surface area contributed by atoms with Gasteiger partial charge in [0.25, 0.3) is 0 Å². The molecule has 1 aromatic heterocycles. The molecule has 0 radical (unpaired) electrons. The first-order valence-corrected chi connectivity index (χ1v) is 3.11. The molecular formula is C6H9N5. The summed E-state index contributed by atoms with van der Waals surface area (Å²) >= 11 is 0. The third-order valence-electron chi connectivity index (χ3n) is 1.44. The molecule has 0 unspecified atom stereocenters. The van der Waals surface area contributed by atoms with Crippen LogP contribution in [0.3, 0.4) is 0 Å². The number of nitrogen functional groups attached to an aromatic ring is 1. The zero-order valence-corrected chi connectivity index (χ0v) is 6.42. The van der Waals surface area contributed by atoms with E-state index >= 15 is 0 Å². The van der Waals surface area contributed by atoms with Crippen molar-refractivity contribution in [3.8, 4) is 6.07 Å². The van der Waals surface area contributed by atoms with E-state index in [1.54, 1.807) is 14.1 Å². The number of aryl methyl sites for hydroxylation is 1. The van der Waals surface area contributed by atoms with E-state index < -0.39 is 0 Å². The zero-order valence-electron chi connectivity index (χ0n) is 6.42. The van der Waals surface area contributed by atoms with Gasteiger partial charge in [-0.1, -0.05) is 0 Å². The maximum atomic E-state index is 8.62. The average molecular weight is 151 g/mol. The highest BCUT2D eigenvalue weighted by Crippen LogP contribution is 2.17. The van der Waals surface area contributed by atoms with Gasteiger partial charge in [0.1, 0.15) is 17.5 Å². The van der Waals surface area contributed by atoms with E-state index in [0.717, 1.165) is 0 Å². The van der Waals surface area contributed by atoms with Crippen LogP contribution in [0.15, 0.2) is 0 Å². The number of nitriles is 1. The van der Waals surface area contributed by atoms with Crippen molar-refractivity contribution in [2.75, 3.05) is 18.1 Å². The summed E-state index contributed by atoms with van der Waals surface area (Å²) in [6, 6.07) is 1.96. The summed E-state index contributed by atoms with van der Waals surface area (Å²) in [5.41, 5.74) is 5.93. The van der Waals surface area contributed by atoms with Crippen molar-refractivity contribution >= 4 is 11.6 Å². The lowest BCUT2D eigenvalue weighted by atomic mass is 10.3. The molecule has 0 bridgehead atoms. The van der Waals surface area contributed by atoms with E-state index in [1.165, 1.54) is 4.68 Å². The molecule has 1 heterocycles. The van der Waals surface area contributed by atoms with Gasteiger partial charge in [0.05, 0.1) is 0 Å². The molecule has 0 aliphatic rings. The van der Waals surface area contributed by atoms with Crippen LogP contribution in [0.5, 0.6) is 0 Å². The van der Waals surface area contributed by atoms with Crippen molar-refractivity contribution in [1.82, 2.24) is 9.78 Å². The van der Waals surface area contributed by atoms with Crippen LogP contribution in [0.1, 0.15) is 5.56 Å². The van der Waals surface area contributed by atoms with Crippen molar-refractivity contribution < 1.29 is 0 Å². The van der Waals surface area contributed by atoms with E-state index in [0.29, 0.717) is 17.2 Å². The van der Waals surface area contributed by atoms with Gasteiger partial charge in [-0.2, -0.15) is 10.4 Å². The van der Waals surface area contributed by atoms with Gasteiger partial charge in [0.15, 0.2) is 5.82 Å². The molecule has 0 amide bonds. The Kier molecular flexibility index (Phi) is 1.68. The molecule has 0 saturated heterocycles. The van der Waals surface area contributed by atoms with Crippen molar-refractivity contribution in [2.45, 2.75) is 0 Å². The molecule has 0 saturated carbocycles. The molecule has 1 aromatic rings. The van der Waals surface area contributed by atoms with Crippen LogP contribution in [0.2, 0.25) is 0 Å². The van der Waals surface area contributed by atoms with E-state index in [2.05, 4.69) is 10.4 Å². The molecule has 58 valence electrons. The van der Waals surface area contributed by atoms with Crippen LogP contribution in [0.4, 0.5) is 11.6 Å². The van der Waals surface area contributed by atoms with Crippen molar-refractivity contribution in [3.05, 3.63) is 5.56 Å². The molecule has 5 nitrogen and oxygen atoms in total. The second kappa shape index (κ2) is 2.50. The van der Waals surface area contributed by atoms with Gasteiger partial charge < -0.3 is 11.1 Å². The highest BCUT2D eigenvalue weighted by Gasteiger charge is 2.10. The van der Waals surface area contributed by atoms with Crippen molar-refractivity contribution in [2.24, 2.45) is 7.05 Å². The van der Waals surface area contributed by atoms with Crippen LogP contribution in [0, 0.1) is 11.3 Å². The number of nitrogens with one attached hydrogen (secondary N) is 1. The van der Waals surface area contributed by atoms with Crippen molar-refractivity contribution in [3.63, 3.8) is 0 Å². The SMILES string of the molecule is CNc1nn(C)c(N)c1C#N. The second-order valence-electron chi connectivity index (χ2n) is 2.09. The minimum Gasteiger partial charge on any atom is -0.383 e. The predicted molar refractivity (Wildman–Crippen MR) is 41.9 cm³/mol. The average Bonchev–Trinajstić information content (AvgIpc) is 2.28. The number of hydrogen-bond acceptors (Lipinski definition) is 4. The van der Waals surface area contributed by atoms with E-state index in [9.17, 15) is 0 Å². The Hall–Kier alpha value is -1.70. The predicted octanol–water partition coefficient (Wildman–Crippen LogP) is -0.0843. The molecular weight excluding hydrogens is 142 g/mol. The fourth-order valence-electron chi connectivity index (χ4n) is 0.822. The first-order chi connectivity index (χ1) is 5.20. The lowest BCUT2D eigenvalue weighted by molar-refractivity contribution is 0.782. The maximum Gasteiger partial charge on any atom is 0.168 e. The van der Waals surface area contributed by atoms with E-state index in [-0.39, 0.29) is 0 Å². The van der Waals surface area contributed by atoms with Gasteiger partial charge in [-0.3, -0.25) is 0 Å². The summed E-state index contributed by atoms with van der Waals surface area (Å²) in [6.07, 6.45) is 0. The highest BCUT2D eigenvalue weighted by atomic mass is 15.3.